The van der Waals surface area contributed by atoms with Gasteiger partial charge in [0, 0.05) is 32.9 Å². The topological polar surface area (TPSA) is 70.4 Å². The minimum absolute atomic E-state index is 0.112. The smallest absolute Gasteiger partial charge is 0.222 e. The second-order valence-corrected chi connectivity index (χ2v) is 7.19. The molecule has 1 amide bonds. The molecule has 0 radical (unpaired) electrons. The number of aryl methyl sites for hydroxylation is 2. The number of β-amino-alcohol motifs (C(OH)–C–C–N with tert-alkyl or cyclic N) is 1. The molecular formula is C20H28N4O2. The van der Waals surface area contributed by atoms with E-state index >= 15 is 0 Å². The van der Waals surface area contributed by atoms with Crippen LogP contribution in [0.2, 0.25) is 0 Å². The van der Waals surface area contributed by atoms with Crippen LogP contribution in [0.5, 0.6) is 0 Å². The number of carbonyl (C=O) groups is 1. The second kappa shape index (κ2) is 8.47. The van der Waals surface area contributed by atoms with Gasteiger partial charge in [0.05, 0.1) is 17.7 Å². The first kappa shape index (κ1) is 18.6. The molecule has 0 spiro atoms. The highest BCUT2D eigenvalue weighted by Crippen LogP contribution is 2.25. The van der Waals surface area contributed by atoms with Crippen molar-refractivity contribution >= 4 is 5.91 Å². The van der Waals surface area contributed by atoms with Gasteiger partial charge in [-0.25, -0.2) is 0 Å². The minimum Gasteiger partial charge on any atom is -0.388 e. The van der Waals surface area contributed by atoms with Crippen molar-refractivity contribution < 1.29 is 9.90 Å². The zero-order chi connectivity index (χ0) is 18.4. The van der Waals surface area contributed by atoms with Crippen LogP contribution in [0.25, 0.3) is 0 Å². The fourth-order valence-electron chi connectivity index (χ4n) is 3.60. The van der Waals surface area contributed by atoms with Crippen LogP contribution in [0.4, 0.5) is 0 Å². The highest BCUT2D eigenvalue weighted by atomic mass is 16.3. The summed E-state index contributed by atoms with van der Waals surface area (Å²) in [7, 11) is 1.61. The summed E-state index contributed by atoms with van der Waals surface area (Å²) in [4.78, 5) is 13.8. The molecule has 2 N–H and O–H groups in total. The van der Waals surface area contributed by atoms with Gasteiger partial charge in [-0.3, -0.25) is 14.4 Å². The molecule has 1 aromatic heterocycles. The molecule has 0 saturated carbocycles. The summed E-state index contributed by atoms with van der Waals surface area (Å²) in [6.45, 7) is 2.99. The summed E-state index contributed by atoms with van der Waals surface area (Å²) in [5.41, 5.74) is 1.37. The average Bonchev–Trinajstić information content (AvgIpc) is 3.08. The summed E-state index contributed by atoms with van der Waals surface area (Å²) >= 11 is 0. The quantitative estimate of drug-likeness (QED) is 0.790. The number of carbonyl (C=O) groups excluding carboxylic acids is 1. The van der Waals surface area contributed by atoms with E-state index in [9.17, 15) is 9.90 Å². The standard InChI is InChI=1S/C20H28N4O2/c1-21-19(25)14-20(26)10-5-11-23(16-20)15-18-9-13-24(22-18)12-8-17-6-3-2-4-7-17/h2-4,6-7,9,13,26H,5,8,10-12,14-16H2,1H3,(H,21,25). The highest BCUT2D eigenvalue weighted by Gasteiger charge is 2.35. The number of hydrogen-bond acceptors (Lipinski definition) is 4. The zero-order valence-electron chi connectivity index (χ0n) is 15.4. The first-order valence-electron chi connectivity index (χ1n) is 9.28. The molecular weight excluding hydrogens is 328 g/mol. The Morgan fingerprint density at radius 2 is 2.12 bits per heavy atom. The third-order valence-electron chi connectivity index (χ3n) is 4.96. The predicted molar refractivity (Wildman–Crippen MR) is 101 cm³/mol. The molecule has 26 heavy (non-hydrogen) atoms. The molecule has 1 unspecified atom stereocenters. The van der Waals surface area contributed by atoms with E-state index in [1.807, 2.05) is 23.0 Å². The van der Waals surface area contributed by atoms with Crippen LogP contribution in [0.1, 0.15) is 30.5 Å². The van der Waals surface area contributed by atoms with Gasteiger partial charge in [0.15, 0.2) is 0 Å². The lowest BCUT2D eigenvalue weighted by Crippen LogP contribution is -2.49. The molecule has 1 fully saturated rings. The average molecular weight is 356 g/mol. The van der Waals surface area contributed by atoms with Gasteiger partial charge in [-0.2, -0.15) is 5.10 Å². The Hall–Kier alpha value is -2.18. The molecule has 1 saturated heterocycles. The number of aliphatic hydroxyl groups is 1. The van der Waals surface area contributed by atoms with E-state index < -0.39 is 5.60 Å². The van der Waals surface area contributed by atoms with Gasteiger partial charge >= 0.3 is 0 Å². The molecule has 1 atom stereocenters. The van der Waals surface area contributed by atoms with Crippen molar-refractivity contribution in [2.75, 3.05) is 20.1 Å². The van der Waals surface area contributed by atoms with Crippen LogP contribution < -0.4 is 5.32 Å². The predicted octanol–water partition coefficient (Wildman–Crippen LogP) is 1.59. The Labute approximate surface area is 154 Å². The molecule has 1 aliphatic rings. The van der Waals surface area contributed by atoms with Crippen LogP contribution >= 0.6 is 0 Å². The maximum absolute atomic E-state index is 11.6. The van der Waals surface area contributed by atoms with Crippen LogP contribution in [0.15, 0.2) is 42.6 Å². The van der Waals surface area contributed by atoms with E-state index in [0.29, 0.717) is 19.5 Å². The maximum atomic E-state index is 11.6. The van der Waals surface area contributed by atoms with Gasteiger partial charge in [0.2, 0.25) is 5.91 Å². The lowest BCUT2D eigenvalue weighted by atomic mass is 9.89. The first-order valence-corrected chi connectivity index (χ1v) is 9.28. The van der Waals surface area contributed by atoms with E-state index in [2.05, 4.69) is 39.6 Å². The summed E-state index contributed by atoms with van der Waals surface area (Å²) in [5, 5.41) is 18.0. The van der Waals surface area contributed by atoms with Crippen molar-refractivity contribution in [1.29, 1.82) is 0 Å². The summed E-state index contributed by atoms with van der Waals surface area (Å²) in [6.07, 6.45) is 4.69. The van der Waals surface area contributed by atoms with Gasteiger partial charge in [-0.05, 0) is 37.4 Å². The van der Waals surface area contributed by atoms with Crippen LogP contribution in [-0.2, 0) is 24.3 Å². The number of nitrogens with one attached hydrogen (secondary N) is 1. The highest BCUT2D eigenvalue weighted by molar-refractivity contribution is 5.76. The molecule has 1 aliphatic heterocycles. The molecule has 0 aliphatic carbocycles. The number of rotatable bonds is 7. The van der Waals surface area contributed by atoms with E-state index in [0.717, 1.165) is 31.6 Å². The van der Waals surface area contributed by atoms with Crippen LogP contribution in [0.3, 0.4) is 0 Å². The molecule has 140 valence electrons. The maximum Gasteiger partial charge on any atom is 0.222 e. The molecule has 3 rings (SSSR count). The van der Waals surface area contributed by atoms with Crippen LogP contribution in [0, 0.1) is 0 Å². The Morgan fingerprint density at radius 1 is 1.31 bits per heavy atom. The number of likely N-dealkylation sites (tertiary alicyclic amines) is 1. The lowest BCUT2D eigenvalue weighted by Gasteiger charge is -2.38. The second-order valence-electron chi connectivity index (χ2n) is 7.19. The van der Waals surface area contributed by atoms with E-state index in [1.165, 1.54) is 5.56 Å². The number of amides is 1. The van der Waals surface area contributed by atoms with Crippen molar-refractivity contribution in [2.24, 2.45) is 0 Å². The van der Waals surface area contributed by atoms with Crippen molar-refractivity contribution in [1.82, 2.24) is 20.0 Å². The monoisotopic (exact) mass is 356 g/mol. The Bertz CT molecular complexity index is 716. The van der Waals surface area contributed by atoms with Crippen molar-refractivity contribution in [3.8, 4) is 0 Å². The molecule has 6 heteroatoms. The molecule has 2 heterocycles. The van der Waals surface area contributed by atoms with Crippen molar-refractivity contribution in [3.63, 3.8) is 0 Å². The summed E-state index contributed by atoms with van der Waals surface area (Å²) < 4.78 is 1.98. The minimum atomic E-state index is -0.936. The fourth-order valence-corrected chi connectivity index (χ4v) is 3.60. The van der Waals surface area contributed by atoms with Gasteiger partial charge in [-0.1, -0.05) is 30.3 Å². The Morgan fingerprint density at radius 3 is 2.88 bits per heavy atom. The van der Waals surface area contributed by atoms with Gasteiger partial charge in [-0.15, -0.1) is 0 Å². The largest absolute Gasteiger partial charge is 0.388 e. The van der Waals surface area contributed by atoms with Crippen molar-refractivity contribution in [3.05, 3.63) is 53.9 Å². The number of benzene rings is 1. The van der Waals surface area contributed by atoms with E-state index in [4.69, 9.17) is 0 Å². The molecule has 1 aromatic carbocycles. The number of nitrogens with zero attached hydrogens (tertiary/aromatic N) is 3. The number of aromatic nitrogens is 2. The van der Waals surface area contributed by atoms with Crippen LogP contribution in [-0.4, -0.2) is 51.4 Å². The number of piperidine rings is 1. The molecule has 2 aromatic rings. The Kier molecular flexibility index (Phi) is 6.06. The lowest BCUT2D eigenvalue weighted by molar-refractivity contribution is -0.128. The molecule has 0 bridgehead atoms. The van der Waals surface area contributed by atoms with E-state index in [1.54, 1.807) is 7.05 Å². The third-order valence-corrected chi connectivity index (χ3v) is 4.96. The van der Waals surface area contributed by atoms with E-state index in [-0.39, 0.29) is 12.3 Å². The van der Waals surface area contributed by atoms with Gasteiger partial charge < -0.3 is 10.4 Å². The third kappa shape index (κ3) is 5.16. The van der Waals surface area contributed by atoms with Crippen molar-refractivity contribution in [2.45, 2.75) is 44.4 Å². The van der Waals surface area contributed by atoms with Gasteiger partial charge in [0.1, 0.15) is 0 Å². The van der Waals surface area contributed by atoms with Gasteiger partial charge in [0.25, 0.3) is 0 Å². The Balaban J connectivity index is 1.52. The zero-order valence-corrected chi connectivity index (χ0v) is 15.4. The summed E-state index contributed by atoms with van der Waals surface area (Å²) in [6, 6.07) is 12.4. The fraction of sp³-hybridized carbons (Fsp3) is 0.500. The first-order chi connectivity index (χ1) is 12.6. The summed E-state index contributed by atoms with van der Waals surface area (Å²) in [5.74, 6) is -0.112. The molecule has 6 nitrogen and oxygen atoms in total. The number of hydrogen-bond donors (Lipinski definition) is 2. The normalized spacial score (nSPS) is 20.8. The SMILES string of the molecule is CNC(=O)CC1(O)CCCN(Cc2ccn(CCc3ccccc3)n2)C1.